The number of hydrogen-bond donors (Lipinski definition) is 1. The molecule has 4 rings (SSSR count). The molecule has 34 heavy (non-hydrogen) atoms. The highest BCUT2D eigenvalue weighted by Gasteiger charge is 2.22. The average Bonchev–Trinajstić information content (AvgIpc) is 3.29. The van der Waals surface area contributed by atoms with E-state index in [1.807, 2.05) is 62.4 Å². The molecule has 0 unspecified atom stereocenters. The SMILES string of the molecule is CCCCN(CC)S(=O)(=O)c1ccc(C(=O)Nc2ccc(-c3nc4ccccc4s3)cc2)cc1. The van der Waals surface area contributed by atoms with Crippen molar-refractivity contribution in [2.24, 2.45) is 0 Å². The average molecular weight is 494 g/mol. The summed E-state index contributed by atoms with van der Waals surface area (Å²) in [5.74, 6) is -0.296. The molecule has 0 saturated heterocycles. The summed E-state index contributed by atoms with van der Waals surface area (Å²) < 4.78 is 28.3. The van der Waals surface area contributed by atoms with Crippen molar-refractivity contribution < 1.29 is 13.2 Å². The Morgan fingerprint density at radius 1 is 0.971 bits per heavy atom. The summed E-state index contributed by atoms with van der Waals surface area (Å²) in [6, 6.07) is 21.6. The Bertz CT molecular complexity index is 1350. The molecule has 0 aliphatic rings. The molecule has 1 heterocycles. The predicted octanol–water partition coefficient (Wildman–Crippen LogP) is 6.03. The van der Waals surface area contributed by atoms with Gasteiger partial charge < -0.3 is 5.32 Å². The topological polar surface area (TPSA) is 79.4 Å². The van der Waals surface area contributed by atoms with Crippen LogP contribution in [0.25, 0.3) is 20.8 Å². The van der Waals surface area contributed by atoms with Crippen molar-refractivity contribution in [1.29, 1.82) is 0 Å². The number of aromatic nitrogens is 1. The summed E-state index contributed by atoms with van der Waals surface area (Å²) in [6.07, 6.45) is 1.73. The number of amides is 1. The standard InChI is InChI=1S/C26H27N3O3S2/c1-3-5-18-29(4-2)34(31,32)22-16-12-19(13-17-22)25(30)27-21-14-10-20(11-15-21)26-28-23-8-6-7-9-24(23)33-26/h6-17H,3-5,18H2,1-2H3,(H,27,30). The van der Waals surface area contributed by atoms with E-state index in [4.69, 9.17) is 0 Å². The monoisotopic (exact) mass is 493 g/mol. The van der Waals surface area contributed by atoms with Gasteiger partial charge in [0, 0.05) is 29.9 Å². The van der Waals surface area contributed by atoms with E-state index >= 15 is 0 Å². The summed E-state index contributed by atoms with van der Waals surface area (Å²) >= 11 is 1.63. The second-order valence-corrected chi connectivity index (χ2v) is 10.9. The van der Waals surface area contributed by atoms with Gasteiger partial charge >= 0.3 is 0 Å². The largest absolute Gasteiger partial charge is 0.322 e. The Kier molecular flexibility index (Phi) is 7.41. The molecule has 0 saturated carbocycles. The summed E-state index contributed by atoms with van der Waals surface area (Å²) in [4.78, 5) is 17.6. The minimum absolute atomic E-state index is 0.196. The van der Waals surface area contributed by atoms with Crippen LogP contribution in [0.5, 0.6) is 0 Å². The van der Waals surface area contributed by atoms with Crippen LogP contribution < -0.4 is 5.32 Å². The van der Waals surface area contributed by atoms with Crippen LogP contribution in [0.15, 0.2) is 77.7 Å². The Morgan fingerprint density at radius 3 is 2.32 bits per heavy atom. The fourth-order valence-electron chi connectivity index (χ4n) is 3.61. The third kappa shape index (κ3) is 5.19. The quantitative estimate of drug-likeness (QED) is 0.309. The van der Waals surface area contributed by atoms with E-state index in [0.29, 0.717) is 24.3 Å². The normalized spacial score (nSPS) is 11.7. The van der Waals surface area contributed by atoms with Crippen LogP contribution >= 0.6 is 11.3 Å². The fraction of sp³-hybridized carbons (Fsp3) is 0.231. The highest BCUT2D eigenvalue weighted by atomic mass is 32.2. The number of rotatable bonds is 9. The van der Waals surface area contributed by atoms with E-state index in [1.54, 1.807) is 23.5 Å². The molecule has 1 N–H and O–H groups in total. The molecule has 0 aliphatic heterocycles. The number of thiazole rings is 1. The maximum atomic E-state index is 12.9. The Hall–Kier alpha value is -3.07. The lowest BCUT2D eigenvalue weighted by Crippen LogP contribution is -2.31. The number of fused-ring (bicyclic) bond motifs is 1. The van der Waals surface area contributed by atoms with Crippen molar-refractivity contribution in [3.05, 3.63) is 78.4 Å². The zero-order chi connectivity index (χ0) is 24.1. The van der Waals surface area contributed by atoms with Gasteiger partial charge in [0.2, 0.25) is 10.0 Å². The summed E-state index contributed by atoms with van der Waals surface area (Å²) in [5, 5.41) is 3.79. The first kappa shape index (κ1) is 24.1. The predicted molar refractivity (Wildman–Crippen MR) is 139 cm³/mol. The van der Waals surface area contributed by atoms with Crippen molar-refractivity contribution in [1.82, 2.24) is 9.29 Å². The van der Waals surface area contributed by atoms with Crippen LogP contribution in [0.2, 0.25) is 0 Å². The van der Waals surface area contributed by atoms with Crippen LogP contribution in [0.1, 0.15) is 37.0 Å². The zero-order valence-electron chi connectivity index (χ0n) is 19.2. The van der Waals surface area contributed by atoms with Gasteiger partial charge in [-0.2, -0.15) is 4.31 Å². The molecule has 1 amide bonds. The van der Waals surface area contributed by atoms with Gasteiger partial charge in [-0.05, 0) is 67.1 Å². The molecule has 0 bridgehead atoms. The molecular weight excluding hydrogens is 466 g/mol. The van der Waals surface area contributed by atoms with E-state index in [2.05, 4.69) is 10.3 Å². The Morgan fingerprint density at radius 2 is 1.68 bits per heavy atom. The number of carbonyl (C=O) groups is 1. The first-order valence-corrected chi connectivity index (χ1v) is 13.6. The van der Waals surface area contributed by atoms with Crippen LogP contribution in [0, 0.1) is 0 Å². The van der Waals surface area contributed by atoms with Crippen molar-refractivity contribution in [2.45, 2.75) is 31.6 Å². The van der Waals surface area contributed by atoms with Crippen LogP contribution in [-0.4, -0.2) is 36.7 Å². The number of nitrogens with zero attached hydrogens (tertiary/aromatic N) is 2. The second-order valence-electron chi connectivity index (χ2n) is 7.89. The lowest BCUT2D eigenvalue weighted by Gasteiger charge is -2.20. The third-order valence-corrected chi connectivity index (χ3v) is 8.63. The summed E-state index contributed by atoms with van der Waals surface area (Å²) in [6.45, 7) is 4.77. The smallest absolute Gasteiger partial charge is 0.255 e. The molecule has 0 radical (unpaired) electrons. The fourth-order valence-corrected chi connectivity index (χ4v) is 6.06. The Labute approximate surface area is 204 Å². The van der Waals surface area contributed by atoms with Crippen molar-refractivity contribution in [3.8, 4) is 10.6 Å². The molecule has 4 aromatic rings. The zero-order valence-corrected chi connectivity index (χ0v) is 20.8. The highest BCUT2D eigenvalue weighted by molar-refractivity contribution is 7.89. The van der Waals surface area contributed by atoms with E-state index in [0.717, 1.165) is 33.6 Å². The number of unbranched alkanes of at least 4 members (excludes halogenated alkanes) is 1. The lowest BCUT2D eigenvalue weighted by atomic mass is 10.2. The summed E-state index contributed by atoms with van der Waals surface area (Å²) in [7, 11) is -3.57. The Balaban J connectivity index is 1.44. The van der Waals surface area contributed by atoms with Gasteiger partial charge in [0.05, 0.1) is 15.1 Å². The molecule has 1 aromatic heterocycles. The number of sulfonamides is 1. The second kappa shape index (κ2) is 10.5. The van der Waals surface area contributed by atoms with Crippen LogP contribution in [0.4, 0.5) is 5.69 Å². The lowest BCUT2D eigenvalue weighted by molar-refractivity contribution is 0.102. The van der Waals surface area contributed by atoms with E-state index < -0.39 is 10.0 Å². The van der Waals surface area contributed by atoms with Crippen molar-refractivity contribution in [2.75, 3.05) is 18.4 Å². The minimum Gasteiger partial charge on any atom is -0.322 e. The van der Waals surface area contributed by atoms with Gasteiger partial charge in [0.15, 0.2) is 0 Å². The first-order valence-electron chi connectivity index (χ1n) is 11.3. The summed E-state index contributed by atoms with van der Waals surface area (Å²) in [5.41, 5.74) is 3.00. The van der Waals surface area contributed by atoms with Crippen molar-refractivity contribution in [3.63, 3.8) is 0 Å². The molecule has 8 heteroatoms. The molecule has 0 atom stereocenters. The maximum absolute atomic E-state index is 12.9. The van der Waals surface area contributed by atoms with Gasteiger partial charge in [-0.15, -0.1) is 11.3 Å². The third-order valence-electron chi connectivity index (χ3n) is 5.55. The highest BCUT2D eigenvalue weighted by Crippen LogP contribution is 2.30. The van der Waals surface area contributed by atoms with Crippen molar-refractivity contribution >= 4 is 43.2 Å². The molecule has 176 valence electrons. The van der Waals surface area contributed by atoms with E-state index in [1.165, 1.54) is 16.4 Å². The van der Waals surface area contributed by atoms with Gasteiger partial charge in [-0.25, -0.2) is 13.4 Å². The van der Waals surface area contributed by atoms with Crippen LogP contribution in [-0.2, 0) is 10.0 Å². The van der Waals surface area contributed by atoms with Gasteiger partial charge in [-0.1, -0.05) is 32.4 Å². The minimum atomic E-state index is -3.57. The van der Waals surface area contributed by atoms with E-state index in [9.17, 15) is 13.2 Å². The number of anilines is 1. The number of hydrogen-bond acceptors (Lipinski definition) is 5. The molecule has 0 spiro atoms. The van der Waals surface area contributed by atoms with Gasteiger partial charge in [0.1, 0.15) is 5.01 Å². The number of nitrogens with one attached hydrogen (secondary N) is 1. The van der Waals surface area contributed by atoms with Crippen LogP contribution in [0.3, 0.4) is 0 Å². The molecule has 0 aliphatic carbocycles. The van der Waals surface area contributed by atoms with Gasteiger partial charge in [-0.3, -0.25) is 4.79 Å². The number of carbonyl (C=O) groups excluding carboxylic acids is 1. The molecule has 0 fully saturated rings. The first-order chi connectivity index (χ1) is 16.4. The molecule has 6 nitrogen and oxygen atoms in total. The molecule has 3 aromatic carbocycles. The van der Waals surface area contributed by atoms with E-state index in [-0.39, 0.29) is 10.8 Å². The number of benzene rings is 3. The van der Waals surface area contributed by atoms with Gasteiger partial charge in [0.25, 0.3) is 5.91 Å². The number of para-hydroxylation sites is 1. The maximum Gasteiger partial charge on any atom is 0.255 e. The molecular formula is C26H27N3O3S2.